The average molecular weight is 526 g/mol. The molecule has 3 heterocycles. The summed E-state index contributed by atoms with van der Waals surface area (Å²) in [5.41, 5.74) is 1.58. The number of methoxy groups -OCH3 is 1. The molecule has 0 bridgehead atoms. The Labute approximate surface area is 219 Å². The second-order valence-electron chi connectivity index (χ2n) is 8.88. The number of rotatable bonds is 10. The molecule has 4 rings (SSSR count). The van der Waals surface area contributed by atoms with Crippen molar-refractivity contribution in [2.24, 2.45) is 0 Å². The number of halogens is 2. The summed E-state index contributed by atoms with van der Waals surface area (Å²) in [4.78, 5) is 34.0. The molecule has 3 aromatic rings. The minimum atomic E-state index is -3.15. The number of amides is 1. The molecule has 38 heavy (non-hydrogen) atoms. The summed E-state index contributed by atoms with van der Waals surface area (Å²) in [5, 5.41) is 5.88. The summed E-state index contributed by atoms with van der Waals surface area (Å²) in [7, 11) is 7.37. The molecule has 11 nitrogen and oxygen atoms in total. The molecule has 2 aromatic heterocycles. The summed E-state index contributed by atoms with van der Waals surface area (Å²) in [6.45, 7) is 4.36. The summed E-state index contributed by atoms with van der Waals surface area (Å²) >= 11 is 0. The van der Waals surface area contributed by atoms with E-state index in [9.17, 15) is 13.6 Å². The number of aromatic nitrogens is 4. The van der Waals surface area contributed by atoms with Crippen molar-refractivity contribution in [1.82, 2.24) is 24.8 Å². The number of alkyl halides is 2. The van der Waals surface area contributed by atoms with Gasteiger partial charge < -0.3 is 30.1 Å². The fraction of sp³-hybridized carbons (Fsp3) is 0.320. The van der Waals surface area contributed by atoms with Gasteiger partial charge in [0.25, 0.3) is 0 Å². The Hall–Kier alpha value is -4.39. The van der Waals surface area contributed by atoms with Crippen molar-refractivity contribution in [3.05, 3.63) is 55.1 Å². The lowest BCUT2D eigenvalue weighted by Gasteiger charge is -2.26. The van der Waals surface area contributed by atoms with Crippen LogP contribution in [0.3, 0.4) is 0 Å². The number of benzene rings is 1. The van der Waals surface area contributed by atoms with Gasteiger partial charge in [0.1, 0.15) is 17.8 Å². The molecule has 0 spiro atoms. The van der Waals surface area contributed by atoms with E-state index < -0.39 is 12.5 Å². The highest BCUT2D eigenvalue weighted by Gasteiger charge is 2.46. The van der Waals surface area contributed by atoms with Crippen molar-refractivity contribution in [3.8, 4) is 5.75 Å². The Morgan fingerprint density at radius 1 is 1.21 bits per heavy atom. The van der Waals surface area contributed by atoms with Crippen LogP contribution >= 0.6 is 0 Å². The minimum absolute atomic E-state index is 0.0353. The molecule has 1 aliphatic rings. The third kappa shape index (κ3) is 5.62. The molecule has 1 aliphatic heterocycles. The molecule has 1 amide bonds. The van der Waals surface area contributed by atoms with E-state index in [2.05, 4.69) is 42.0 Å². The van der Waals surface area contributed by atoms with Gasteiger partial charge in [0.15, 0.2) is 0 Å². The van der Waals surface area contributed by atoms with E-state index in [0.717, 1.165) is 12.2 Å². The van der Waals surface area contributed by atoms with Gasteiger partial charge in [0, 0.05) is 32.4 Å². The lowest BCUT2D eigenvalue weighted by molar-refractivity contribution is -0.111. The topological polar surface area (TPSA) is 112 Å². The Morgan fingerprint density at radius 3 is 2.71 bits per heavy atom. The number of nitrogens with zero attached hydrogens (tertiary/aromatic N) is 7. The number of hydrogen-bond acceptors (Lipinski definition) is 10. The number of ether oxygens (including phenoxy) is 1. The Morgan fingerprint density at radius 2 is 2.00 bits per heavy atom. The second-order valence-corrected chi connectivity index (χ2v) is 8.88. The van der Waals surface area contributed by atoms with Crippen LogP contribution in [-0.2, 0) is 10.7 Å². The van der Waals surface area contributed by atoms with Crippen molar-refractivity contribution >= 4 is 40.6 Å². The maximum Gasteiger partial charge on any atom is 0.309 e. The molecule has 0 radical (unpaired) electrons. The first-order valence-electron chi connectivity index (χ1n) is 11.7. The van der Waals surface area contributed by atoms with Crippen molar-refractivity contribution in [2.45, 2.75) is 5.92 Å². The van der Waals surface area contributed by atoms with Gasteiger partial charge in [0.05, 0.1) is 36.4 Å². The van der Waals surface area contributed by atoms with Gasteiger partial charge >= 0.3 is 5.92 Å². The highest BCUT2D eigenvalue weighted by molar-refractivity contribution is 6.02. The fourth-order valence-electron chi connectivity index (χ4n) is 3.94. The van der Waals surface area contributed by atoms with E-state index in [1.54, 1.807) is 24.3 Å². The first kappa shape index (κ1) is 26.7. The minimum Gasteiger partial charge on any atom is -0.494 e. The summed E-state index contributed by atoms with van der Waals surface area (Å²) in [6, 6.07) is 6.59. The van der Waals surface area contributed by atoms with Gasteiger partial charge in [-0.2, -0.15) is 13.8 Å². The zero-order valence-corrected chi connectivity index (χ0v) is 21.6. The molecule has 0 fully saturated rings. The normalized spacial score (nSPS) is 13.7. The number of pyridine rings is 1. The lowest BCUT2D eigenvalue weighted by atomic mass is 10.2. The molecule has 13 heteroatoms. The van der Waals surface area contributed by atoms with Crippen molar-refractivity contribution in [3.63, 3.8) is 0 Å². The Balaban J connectivity index is 1.67. The number of carbonyl (C=O) groups is 1. The third-order valence-electron chi connectivity index (χ3n) is 5.88. The van der Waals surface area contributed by atoms with Crippen LogP contribution in [0.15, 0.2) is 49.4 Å². The van der Waals surface area contributed by atoms with Crippen molar-refractivity contribution < 1.29 is 18.3 Å². The van der Waals surface area contributed by atoms with Gasteiger partial charge in [0.2, 0.25) is 17.8 Å². The van der Waals surface area contributed by atoms with Gasteiger partial charge in [-0.3, -0.25) is 9.78 Å². The maximum absolute atomic E-state index is 14.5. The smallest absolute Gasteiger partial charge is 0.309 e. The van der Waals surface area contributed by atoms with Gasteiger partial charge in [-0.1, -0.05) is 6.58 Å². The first-order chi connectivity index (χ1) is 18.1. The van der Waals surface area contributed by atoms with E-state index in [1.165, 1.54) is 30.6 Å². The third-order valence-corrected chi connectivity index (χ3v) is 5.88. The van der Waals surface area contributed by atoms with Crippen LogP contribution in [0.25, 0.3) is 0 Å². The second kappa shape index (κ2) is 10.9. The van der Waals surface area contributed by atoms with Crippen LogP contribution in [0.5, 0.6) is 5.75 Å². The quantitative estimate of drug-likeness (QED) is 0.382. The summed E-state index contributed by atoms with van der Waals surface area (Å²) in [5.74, 6) is -2.94. The summed E-state index contributed by atoms with van der Waals surface area (Å²) in [6.07, 6.45) is 3.73. The zero-order valence-electron chi connectivity index (χ0n) is 21.6. The molecule has 0 saturated heterocycles. The molecule has 0 unspecified atom stereocenters. The number of anilines is 6. The van der Waals surface area contributed by atoms with Gasteiger partial charge in [-0.25, -0.2) is 9.97 Å². The van der Waals surface area contributed by atoms with E-state index >= 15 is 0 Å². The van der Waals surface area contributed by atoms with E-state index in [4.69, 9.17) is 4.74 Å². The highest BCUT2D eigenvalue weighted by Crippen LogP contribution is 2.44. The molecule has 200 valence electrons. The predicted octanol–water partition coefficient (Wildman–Crippen LogP) is 3.38. The molecule has 0 aliphatic carbocycles. The van der Waals surface area contributed by atoms with Crippen molar-refractivity contribution in [2.75, 3.05) is 68.3 Å². The lowest BCUT2D eigenvalue weighted by Crippen LogP contribution is -2.29. The van der Waals surface area contributed by atoms with Crippen LogP contribution in [-0.4, -0.2) is 78.6 Å². The number of fused-ring (bicyclic) bond motifs is 1. The highest BCUT2D eigenvalue weighted by atomic mass is 19.3. The Bertz CT molecular complexity index is 1340. The van der Waals surface area contributed by atoms with Crippen molar-refractivity contribution in [1.29, 1.82) is 0 Å². The number of carbonyl (C=O) groups excluding carboxylic acids is 1. The number of likely N-dealkylation sites (N-methyl/N-ethyl adjacent to an activating group) is 2. The number of nitrogens with one attached hydrogen (secondary N) is 2. The van der Waals surface area contributed by atoms with Crippen LogP contribution < -0.4 is 25.2 Å². The molecular formula is C25H29F2N9O2. The molecule has 0 saturated carbocycles. The fourth-order valence-corrected chi connectivity index (χ4v) is 3.94. The van der Waals surface area contributed by atoms with Crippen LogP contribution in [0.1, 0.15) is 5.69 Å². The largest absolute Gasteiger partial charge is 0.494 e. The van der Waals surface area contributed by atoms with Gasteiger partial charge in [-0.05, 0) is 38.4 Å². The van der Waals surface area contributed by atoms with Crippen LogP contribution in [0, 0.1) is 0 Å². The molecule has 2 N–H and O–H groups in total. The molecular weight excluding hydrogens is 496 g/mol. The standard InChI is InChI=1S/C25H29F2N9O2/c1-6-21(37)31-16-12-17(20(38-5)13-19(16)35(4)11-10-34(2)3)32-23-29-15-30-24(33-23)36-14-25(26,27)22-18(36)8-7-9-28-22/h6-9,12-13,15H,1,10-11,14H2,2-5H3,(H,31,37)(H,29,30,32,33). The molecule has 0 atom stereocenters. The first-order valence-corrected chi connectivity index (χ1v) is 11.7. The predicted molar refractivity (Wildman–Crippen MR) is 142 cm³/mol. The zero-order chi connectivity index (χ0) is 27.4. The average Bonchev–Trinajstić information content (AvgIpc) is 3.18. The van der Waals surface area contributed by atoms with E-state index in [-0.39, 0.29) is 29.2 Å². The van der Waals surface area contributed by atoms with E-state index in [0.29, 0.717) is 23.7 Å². The molecule has 1 aromatic carbocycles. The summed E-state index contributed by atoms with van der Waals surface area (Å²) < 4.78 is 34.7. The van der Waals surface area contributed by atoms with Crippen LogP contribution in [0.2, 0.25) is 0 Å². The SMILES string of the molecule is C=CC(=O)Nc1cc(Nc2ncnc(N3CC(F)(F)c4ncccc43)n2)c(OC)cc1N(C)CCN(C)C. The van der Waals surface area contributed by atoms with E-state index in [1.807, 2.05) is 26.0 Å². The van der Waals surface area contributed by atoms with Crippen LogP contribution in [0.4, 0.5) is 43.4 Å². The number of hydrogen-bond donors (Lipinski definition) is 2. The van der Waals surface area contributed by atoms with Gasteiger partial charge in [-0.15, -0.1) is 0 Å². The monoisotopic (exact) mass is 525 g/mol. The Kier molecular flexibility index (Phi) is 7.67. The maximum atomic E-state index is 14.5.